The standard InChI is InChI=1S/C16F32/c17-1(2(18,19)5(24,25)8(30,31)6(26,27)3(1,20)21)4(22,23)7(28,29)9(32,33)10(34,35)11(36,37)12(38,39)13(40,41)14(42,43)15(44,45)16(46,47)48. The smallest absolute Gasteiger partial charge is 0.223 e. The van der Waals surface area contributed by atoms with Gasteiger partial charge in [0.1, 0.15) is 0 Å². The highest BCUT2D eigenvalue weighted by Crippen LogP contribution is 2.76. The Morgan fingerprint density at radius 2 is 0.375 bits per heavy atom. The Bertz CT molecular complexity index is 1210. The van der Waals surface area contributed by atoms with Crippen molar-refractivity contribution in [3.63, 3.8) is 0 Å². The van der Waals surface area contributed by atoms with E-state index in [1.54, 1.807) is 0 Å². The van der Waals surface area contributed by atoms with Crippen molar-refractivity contribution in [2.75, 3.05) is 0 Å². The fourth-order valence-corrected chi connectivity index (χ4v) is 3.39. The summed E-state index contributed by atoms with van der Waals surface area (Å²) in [6.07, 6.45) is -8.38. The van der Waals surface area contributed by atoms with Crippen LogP contribution in [0.15, 0.2) is 0 Å². The van der Waals surface area contributed by atoms with Gasteiger partial charge in [-0.1, -0.05) is 0 Å². The lowest BCUT2D eigenvalue weighted by atomic mass is 9.67. The molecule has 0 atom stereocenters. The maximum Gasteiger partial charge on any atom is 0.460 e. The van der Waals surface area contributed by atoms with Gasteiger partial charge in [0.15, 0.2) is 0 Å². The van der Waals surface area contributed by atoms with Gasteiger partial charge in [-0.05, 0) is 0 Å². The molecule has 0 heterocycles. The summed E-state index contributed by atoms with van der Waals surface area (Å²) in [5.41, 5.74) is -9.96. The zero-order valence-corrected chi connectivity index (χ0v) is 20.1. The molecule has 0 aromatic carbocycles. The third-order valence-electron chi connectivity index (χ3n) is 6.39. The molecule has 0 aromatic heterocycles. The van der Waals surface area contributed by atoms with Gasteiger partial charge in [0, 0.05) is 0 Å². The van der Waals surface area contributed by atoms with Crippen LogP contribution < -0.4 is 0 Å². The third-order valence-corrected chi connectivity index (χ3v) is 6.39. The third kappa shape index (κ3) is 3.98. The highest BCUT2D eigenvalue weighted by Gasteiger charge is 3.09. The van der Waals surface area contributed by atoms with Crippen molar-refractivity contribution in [2.24, 2.45) is 0 Å². The molecule has 0 amide bonds. The molecule has 1 aliphatic rings. The minimum atomic E-state index is -10.3. The largest absolute Gasteiger partial charge is 0.460 e. The summed E-state index contributed by atoms with van der Waals surface area (Å²) in [7, 11) is 0. The van der Waals surface area contributed by atoms with Crippen molar-refractivity contribution in [2.45, 2.75) is 94.8 Å². The van der Waals surface area contributed by atoms with E-state index in [0.29, 0.717) is 0 Å². The van der Waals surface area contributed by atoms with Crippen molar-refractivity contribution in [3.05, 3.63) is 0 Å². The van der Waals surface area contributed by atoms with Crippen LogP contribution in [0.25, 0.3) is 0 Å². The average molecular weight is 800 g/mol. The zero-order chi connectivity index (χ0) is 40.0. The van der Waals surface area contributed by atoms with Gasteiger partial charge in [0.2, 0.25) is 0 Å². The minimum absolute atomic E-state index is 8.38. The summed E-state index contributed by atoms with van der Waals surface area (Å²) < 4.78 is 429. The lowest BCUT2D eigenvalue weighted by molar-refractivity contribution is -0.528. The first-order chi connectivity index (χ1) is 20.0. The Hall–Kier alpha value is -2.24. The first kappa shape index (κ1) is 43.8. The van der Waals surface area contributed by atoms with Crippen molar-refractivity contribution in [1.82, 2.24) is 0 Å². The number of hydrogen-bond donors (Lipinski definition) is 0. The zero-order valence-electron chi connectivity index (χ0n) is 20.1. The maximum atomic E-state index is 14.4. The molecule has 0 aromatic rings. The first-order valence-electron chi connectivity index (χ1n) is 10.0. The molecule has 0 radical (unpaired) electrons. The van der Waals surface area contributed by atoms with E-state index in [0.717, 1.165) is 0 Å². The molecule has 0 bridgehead atoms. The van der Waals surface area contributed by atoms with Crippen LogP contribution in [-0.2, 0) is 0 Å². The molecule has 1 aliphatic carbocycles. The van der Waals surface area contributed by atoms with Gasteiger partial charge >= 0.3 is 94.8 Å². The number of alkyl halides is 32. The number of hydrogen-bond acceptors (Lipinski definition) is 0. The highest BCUT2D eigenvalue weighted by molar-refractivity contribution is 5.33. The molecular formula is C16F32. The van der Waals surface area contributed by atoms with Gasteiger partial charge in [0.05, 0.1) is 0 Å². The Balaban J connectivity index is 4.22. The predicted molar refractivity (Wildman–Crippen MR) is 79.2 cm³/mol. The molecule has 0 N–H and O–H groups in total. The molecule has 32 heteroatoms. The van der Waals surface area contributed by atoms with Gasteiger partial charge in [-0.2, -0.15) is 136 Å². The Morgan fingerprint density at radius 1 is 0.208 bits per heavy atom. The van der Waals surface area contributed by atoms with Gasteiger partial charge < -0.3 is 0 Å². The van der Waals surface area contributed by atoms with Crippen LogP contribution in [0.2, 0.25) is 0 Å². The fraction of sp³-hybridized carbons (Fsp3) is 1.00. The summed E-state index contributed by atoms with van der Waals surface area (Å²) in [4.78, 5) is 0. The van der Waals surface area contributed by atoms with E-state index in [9.17, 15) is 140 Å². The summed E-state index contributed by atoms with van der Waals surface area (Å²) in [5.74, 6) is -135. The molecule has 288 valence electrons. The van der Waals surface area contributed by atoms with E-state index in [1.807, 2.05) is 0 Å². The Morgan fingerprint density at radius 3 is 0.583 bits per heavy atom. The molecule has 0 spiro atoms. The van der Waals surface area contributed by atoms with Crippen LogP contribution in [0.3, 0.4) is 0 Å². The average Bonchev–Trinajstić information content (AvgIpc) is 2.84. The van der Waals surface area contributed by atoms with Crippen LogP contribution >= 0.6 is 0 Å². The molecule has 0 nitrogen and oxygen atoms in total. The van der Waals surface area contributed by atoms with Gasteiger partial charge in [-0.15, -0.1) is 0 Å². The fourth-order valence-electron chi connectivity index (χ4n) is 3.39. The van der Waals surface area contributed by atoms with Gasteiger partial charge in [0.25, 0.3) is 0 Å². The number of rotatable bonds is 9. The summed E-state index contributed by atoms with van der Waals surface area (Å²) >= 11 is 0. The van der Waals surface area contributed by atoms with Gasteiger partial charge in [-0.3, -0.25) is 0 Å². The lowest BCUT2D eigenvalue weighted by Crippen LogP contribution is -2.90. The highest BCUT2D eigenvalue weighted by atomic mass is 19.4. The molecule has 0 aliphatic heterocycles. The summed E-state index contributed by atoms with van der Waals surface area (Å²) in [6.45, 7) is 0. The predicted octanol–water partition coefficient (Wildman–Crippen LogP) is 10.2. The normalized spacial score (nSPS) is 24.0. The van der Waals surface area contributed by atoms with E-state index in [1.165, 1.54) is 0 Å². The maximum absolute atomic E-state index is 14.4. The van der Waals surface area contributed by atoms with E-state index < -0.39 is 94.8 Å². The Kier molecular flexibility index (Phi) is 8.89. The van der Waals surface area contributed by atoms with E-state index in [2.05, 4.69) is 0 Å². The van der Waals surface area contributed by atoms with Crippen LogP contribution in [0.5, 0.6) is 0 Å². The quantitative estimate of drug-likeness (QED) is 0.204. The van der Waals surface area contributed by atoms with Crippen LogP contribution in [0, 0.1) is 0 Å². The van der Waals surface area contributed by atoms with Crippen molar-refractivity contribution in [1.29, 1.82) is 0 Å². The topological polar surface area (TPSA) is 0 Å². The molecule has 48 heavy (non-hydrogen) atoms. The molecule has 0 unspecified atom stereocenters. The lowest BCUT2D eigenvalue weighted by Gasteiger charge is -2.55. The summed E-state index contributed by atoms with van der Waals surface area (Å²) in [6, 6.07) is 0. The molecular weight excluding hydrogens is 800 g/mol. The number of halogens is 32. The van der Waals surface area contributed by atoms with Crippen molar-refractivity contribution < 1.29 is 140 Å². The van der Waals surface area contributed by atoms with Crippen LogP contribution in [0.4, 0.5) is 140 Å². The van der Waals surface area contributed by atoms with Crippen LogP contribution in [-0.4, -0.2) is 94.8 Å². The SMILES string of the molecule is FC(F)(F)C(F)(F)C(F)(F)C(F)(F)C(F)(F)C(F)(F)C(F)(F)C(F)(F)C(F)(F)C(F)(F)C1(F)C(F)(F)C(F)(F)C(F)(F)C(F)(F)C1(F)F. The molecule has 1 rings (SSSR count). The second-order valence-corrected chi connectivity index (χ2v) is 9.20. The molecule has 0 saturated heterocycles. The molecule has 1 saturated carbocycles. The Labute approximate surface area is 237 Å². The van der Waals surface area contributed by atoms with Crippen molar-refractivity contribution >= 4 is 0 Å². The second kappa shape index (κ2) is 9.75. The monoisotopic (exact) mass is 800 g/mol. The summed E-state index contributed by atoms with van der Waals surface area (Å²) in [5, 5.41) is 0. The minimum Gasteiger partial charge on any atom is -0.223 e. The first-order valence-corrected chi connectivity index (χ1v) is 10.0. The van der Waals surface area contributed by atoms with E-state index >= 15 is 0 Å². The second-order valence-electron chi connectivity index (χ2n) is 9.20. The van der Waals surface area contributed by atoms with Crippen molar-refractivity contribution in [3.8, 4) is 0 Å². The van der Waals surface area contributed by atoms with E-state index in [4.69, 9.17) is 0 Å². The van der Waals surface area contributed by atoms with E-state index in [-0.39, 0.29) is 0 Å². The van der Waals surface area contributed by atoms with Crippen LogP contribution in [0.1, 0.15) is 0 Å². The molecule has 1 fully saturated rings. The van der Waals surface area contributed by atoms with Gasteiger partial charge in [-0.25, -0.2) is 4.39 Å².